The standard InChI is InChI=1S/C24H22F3N5O/c1-13(15-7-6-8-16(22(15)25)23(26)27)29-24-17-11-19(32-21-9-4-5-10-28-21)20(33-3)12-18(17)30-14(2)31-24/h4-13,23H,1-3H3,(H,28,32)(H,29,30,31)/t13-/m1/s1. The zero-order valence-corrected chi connectivity index (χ0v) is 18.2. The van der Waals surface area contributed by atoms with E-state index < -0.39 is 23.8 Å². The van der Waals surface area contributed by atoms with E-state index in [0.717, 1.165) is 6.07 Å². The van der Waals surface area contributed by atoms with Crippen molar-refractivity contribution in [1.29, 1.82) is 0 Å². The highest BCUT2D eigenvalue weighted by Gasteiger charge is 2.21. The van der Waals surface area contributed by atoms with Crippen LogP contribution in [0.15, 0.2) is 54.7 Å². The number of methoxy groups -OCH3 is 1. The predicted octanol–water partition coefficient (Wildman–Crippen LogP) is 6.34. The molecule has 4 aromatic rings. The molecule has 0 bridgehead atoms. The molecule has 0 unspecified atom stereocenters. The lowest BCUT2D eigenvalue weighted by atomic mass is 10.0. The number of hydrogen-bond acceptors (Lipinski definition) is 6. The summed E-state index contributed by atoms with van der Waals surface area (Å²) in [6.45, 7) is 3.42. The Morgan fingerprint density at radius 3 is 2.48 bits per heavy atom. The Kier molecular flexibility index (Phi) is 6.30. The summed E-state index contributed by atoms with van der Waals surface area (Å²) in [7, 11) is 1.55. The van der Waals surface area contributed by atoms with E-state index in [4.69, 9.17) is 4.74 Å². The Bertz CT molecular complexity index is 1280. The molecule has 0 saturated carbocycles. The van der Waals surface area contributed by atoms with Crippen LogP contribution in [0.1, 0.15) is 36.3 Å². The molecule has 170 valence electrons. The van der Waals surface area contributed by atoms with Gasteiger partial charge in [-0.3, -0.25) is 0 Å². The van der Waals surface area contributed by atoms with Gasteiger partial charge in [0.05, 0.1) is 29.9 Å². The number of ether oxygens (including phenoxy) is 1. The summed E-state index contributed by atoms with van der Waals surface area (Å²) in [5.41, 5.74) is 0.745. The van der Waals surface area contributed by atoms with Gasteiger partial charge in [-0.15, -0.1) is 0 Å². The highest BCUT2D eigenvalue weighted by Crippen LogP contribution is 2.35. The van der Waals surface area contributed by atoms with Gasteiger partial charge in [-0.2, -0.15) is 0 Å². The first-order valence-corrected chi connectivity index (χ1v) is 10.2. The number of nitrogens with zero attached hydrogens (tertiary/aromatic N) is 3. The first-order chi connectivity index (χ1) is 15.9. The SMILES string of the molecule is COc1cc2nc(C)nc(N[C@H](C)c3cccc(C(F)F)c3F)c2cc1Nc1ccccn1. The number of rotatable bonds is 7. The van der Waals surface area contributed by atoms with E-state index in [2.05, 4.69) is 25.6 Å². The van der Waals surface area contributed by atoms with Crippen LogP contribution >= 0.6 is 0 Å². The normalized spacial score (nSPS) is 12.1. The fraction of sp³-hybridized carbons (Fsp3) is 0.208. The summed E-state index contributed by atoms with van der Waals surface area (Å²) in [4.78, 5) is 13.2. The largest absolute Gasteiger partial charge is 0.494 e. The summed E-state index contributed by atoms with van der Waals surface area (Å²) in [6.07, 6.45) is -1.23. The van der Waals surface area contributed by atoms with Crippen LogP contribution in [0.2, 0.25) is 0 Å². The lowest BCUT2D eigenvalue weighted by Crippen LogP contribution is -2.12. The van der Waals surface area contributed by atoms with Crippen LogP contribution in [0.5, 0.6) is 5.75 Å². The molecule has 33 heavy (non-hydrogen) atoms. The molecule has 6 nitrogen and oxygen atoms in total. The number of nitrogens with one attached hydrogen (secondary N) is 2. The maximum absolute atomic E-state index is 14.7. The van der Waals surface area contributed by atoms with E-state index in [1.807, 2.05) is 24.3 Å². The summed E-state index contributed by atoms with van der Waals surface area (Å²) in [6, 6.07) is 12.4. The van der Waals surface area contributed by atoms with Crippen LogP contribution in [0.3, 0.4) is 0 Å². The van der Waals surface area contributed by atoms with Crippen LogP contribution in [0.25, 0.3) is 10.9 Å². The monoisotopic (exact) mass is 453 g/mol. The van der Waals surface area contributed by atoms with Crippen LogP contribution in [-0.2, 0) is 0 Å². The van der Waals surface area contributed by atoms with Gasteiger partial charge in [-0.1, -0.05) is 24.3 Å². The van der Waals surface area contributed by atoms with Crippen molar-refractivity contribution in [1.82, 2.24) is 15.0 Å². The predicted molar refractivity (Wildman–Crippen MR) is 122 cm³/mol. The van der Waals surface area contributed by atoms with Gasteiger partial charge in [0.15, 0.2) is 0 Å². The molecule has 0 saturated heterocycles. The van der Waals surface area contributed by atoms with Crippen molar-refractivity contribution in [2.24, 2.45) is 0 Å². The number of anilines is 3. The molecule has 0 radical (unpaired) electrons. The fourth-order valence-corrected chi connectivity index (χ4v) is 3.58. The Hall–Kier alpha value is -3.88. The number of halogens is 3. The first-order valence-electron chi connectivity index (χ1n) is 10.2. The smallest absolute Gasteiger partial charge is 0.266 e. The van der Waals surface area contributed by atoms with E-state index >= 15 is 0 Å². The zero-order chi connectivity index (χ0) is 23.5. The maximum Gasteiger partial charge on any atom is 0.266 e. The molecule has 0 aliphatic rings. The third-order valence-electron chi connectivity index (χ3n) is 5.17. The van der Waals surface area contributed by atoms with Gasteiger partial charge in [-0.25, -0.2) is 28.1 Å². The van der Waals surface area contributed by atoms with Crippen molar-refractivity contribution in [2.75, 3.05) is 17.7 Å². The number of alkyl halides is 2. The van der Waals surface area contributed by atoms with Crippen molar-refractivity contribution in [3.63, 3.8) is 0 Å². The molecular weight excluding hydrogens is 431 g/mol. The minimum absolute atomic E-state index is 0.123. The fourth-order valence-electron chi connectivity index (χ4n) is 3.58. The number of fused-ring (bicyclic) bond motifs is 1. The minimum Gasteiger partial charge on any atom is -0.494 e. The first kappa shape index (κ1) is 22.3. The molecule has 0 amide bonds. The van der Waals surface area contributed by atoms with Crippen molar-refractivity contribution in [3.05, 3.63) is 77.5 Å². The van der Waals surface area contributed by atoms with Crippen molar-refractivity contribution in [3.8, 4) is 5.75 Å². The molecule has 2 N–H and O–H groups in total. The van der Waals surface area contributed by atoms with Gasteiger partial charge in [0.2, 0.25) is 0 Å². The van der Waals surface area contributed by atoms with E-state index in [-0.39, 0.29) is 5.56 Å². The molecule has 0 spiro atoms. The highest BCUT2D eigenvalue weighted by molar-refractivity contribution is 5.94. The topological polar surface area (TPSA) is 72.0 Å². The minimum atomic E-state index is -2.90. The van der Waals surface area contributed by atoms with Crippen LogP contribution in [0.4, 0.5) is 30.5 Å². The number of aromatic nitrogens is 3. The Balaban J connectivity index is 1.76. The second kappa shape index (κ2) is 9.32. The van der Waals surface area contributed by atoms with Gasteiger partial charge in [0, 0.05) is 23.2 Å². The summed E-state index contributed by atoms with van der Waals surface area (Å²) >= 11 is 0. The third-order valence-corrected chi connectivity index (χ3v) is 5.17. The summed E-state index contributed by atoms with van der Waals surface area (Å²) < 4.78 is 46.5. The van der Waals surface area contributed by atoms with Gasteiger partial charge in [-0.05, 0) is 32.0 Å². The average Bonchev–Trinajstić information content (AvgIpc) is 2.79. The van der Waals surface area contributed by atoms with E-state index in [9.17, 15) is 13.2 Å². The molecule has 2 heterocycles. The molecule has 4 rings (SSSR count). The van der Waals surface area contributed by atoms with E-state index in [0.29, 0.717) is 39.8 Å². The Morgan fingerprint density at radius 1 is 1.00 bits per heavy atom. The number of benzene rings is 2. The summed E-state index contributed by atoms with van der Waals surface area (Å²) in [5, 5.41) is 7.02. The van der Waals surface area contributed by atoms with Crippen molar-refractivity contribution >= 4 is 28.2 Å². The second-order valence-corrected chi connectivity index (χ2v) is 7.45. The molecule has 0 aliphatic heterocycles. The van der Waals surface area contributed by atoms with Gasteiger partial charge >= 0.3 is 0 Å². The molecular formula is C24H22F3N5O. The highest BCUT2D eigenvalue weighted by atomic mass is 19.3. The number of pyridine rings is 1. The second-order valence-electron chi connectivity index (χ2n) is 7.45. The molecule has 2 aromatic carbocycles. The van der Waals surface area contributed by atoms with Gasteiger partial charge in [0.25, 0.3) is 6.43 Å². The van der Waals surface area contributed by atoms with Gasteiger partial charge in [0.1, 0.15) is 29.0 Å². The molecule has 0 aliphatic carbocycles. The molecule has 9 heteroatoms. The van der Waals surface area contributed by atoms with E-state index in [1.165, 1.54) is 12.1 Å². The Labute approximate surface area is 188 Å². The molecule has 1 atom stereocenters. The average molecular weight is 453 g/mol. The van der Waals surface area contributed by atoms with Crippen LogP contribution in [-0.4, -0.2) is 22.1 Å². The zero-order valence-electron chi connectivity index (χ0n) is 18.2. The number of aryl methyl sites for hydroxylation is 1. The lowest BCUT2D eigenvalue weighted by molar-refractivity contribution is 0.146. The quantitative estimate of drug-likeness (QED) is 0.340. The van der Waals surface area contributed by atoms with Crippen molar-refractivity contribution < 1.29 is 17.9 Å². The molecule has 2 aromatic heterocycles. The third kappa shape index (κ3) is 4.67. The van der Waals surface area contributed by atoms with Crippen LogP contribution in [0, 0.1) is 12.7 Å². The molecule has 0 fully saturated rings. The number of hydrogen-bond donors (Lipinski definition) is 2. The van der Waals surface area contributed by atoms with Crippen LogP contribution < -0.4 is 15.4 Å². The van der Waals surface area contributed by atoms with Gasteiger partial charge < -0.3 is 15.4 Å². The Morgan fingerprint density at radius 2 is 1.79 bits per heavy atom. The maximum atomic E-state index is 14.7. The summed E-state index contributed by atoms with van der Waals surface area (Å²) in [5.74, 6) is 1.18. The van der Waals surface area contributed by atoms with Crippen molar-refractivity contribution in [2.45, 2.75) is 26.3 Å². The van der Waals surface area contributed by atoms with E-state index in [1.54, 1.807) is 33.2 Å². The lowest BCUT2D eigenvalue weighted by Gasteiger charge is -2.19.